The van der Waals surface area contributed by atoms with Gasteiger partial charge in [0.1, 0.15) is 0 Å². The number of aryl methyl sites for hydroxylation is 1. The van der Waals surface area contributed by atoms with E-state index in [1.54, 1.807) is 11.8 Å². The first-order chi connectivity index (χ1) is 12.7. The molecule has 0 bridgehead atoms. The van der Waals surface area contributed by atoms with E-state index in [0.29, 0.717) is 29.4 Å². The molecule has 5 nitrogen and oxygen atoms in total. The molecule has 1 aromatic carbocycles. The summed E-state index contributed by atoms with van der Waals surface area (Å²) in [5.41, 5.74) is 2.75. The fourth-order valence-electron chi connectivity index (χ4n) is 2.96. The van der Waals surface area contributed by atoms with E-state index < -0.39 is 0 Å². The van der Waals surface area contributed by atoms with Crippen LogP contribution >= 0.6 is 11.8 Å². The van der Waals surface area contributed by atoms with E-state index in [4.69, 9.17) is 4.52 Å². The van der Waals surface area contributed by atoms with Crippen LogP contribution in [0.1, 0.15) is 46.9 Å². The van der Waals surface area contributed by atoms with Crippen LogP contribution in [0.25, 0.3) is 11.1 Å². The van der Waals surface area contributed by atoms with Crippen LogP contribution in [-0.2, 0) is 0 Å². The van der Waals surface area contributed by atoms with Gasteiger partial charge in [0, 0.05) is 23.1 Å². The number of hydrogen-bond acceptors (Lipinski definition) is 5. The number of carbonyl (C=O) groups excluding carboxylic acids is 1. The molecule has 6 heteroatoms. The molecule has 2 heterocycles. The monoisotopic (exact) mass is 367 g/mol. The molecule has 4 rings (SSSR count). The van der Waals surface area contributed by atoms with Crippen LogP contribution in [0.4, 0.5) is 0 Å². The molecule has 0 saturated heterocycles. The molecule has 1 saturated carbocycles. The zero-order chi connectivity index (χ0) is 17.9. The zero-order valence-electron chi connectivity index (χ0n) is 14.7. The number of nitrogens with zero attached hydrogens (tertiary/aromatic N) is 2. The summed E-state index contributed by atoms with van der Waals surface area (Å²) >= 11 is 1.80. The number of thioether (sulfide) groups is 1. The third-order valence-electron chi connectivity index (χ3n) is 4.50. The second-order valence-corrected chi connectivity index (χ2v) is 7.76. The quantitative estimate of drug-likeness (QED) is 0.497. The van der Waals surface area contributed by atoms with Gasteiger partial charge in [-0.1, -0.05) is 23.4 Å². The highest BCUT2D eigenvalue weighted by atomic mass is 32.2. The van der Waals surface area contributed by atoms with E-state index in [1.165, 1.54) is 4.90 Å². The number of amides is 1. The smallest absolute Gasteiger partial charge is 0.259 e. The van der Waals surface area contributed by atoms with Crippen molar-refractivity contribution >= 4 is 28.8 Å². The number of rotatable bonds is 7. The summed E-state index contributed by atoms with van der Waals surface area (Å²) in [6.45, 7) is 2.49. The van der Waals surface area contributed by atoms with Crippen LogP contribution in [0.15, 0.2) is 45.8 Å². The lowest BCUT2D eigenvalue weighted by molar-refractivity contribution is 0.0955. The molecule has 2 aromatic heterocycles. The number of nitrogens with one attached hydrogen (secondary N) is 1. The standard InChI is InChI=1S/C20H21N3O2S/c1-13-18-16(12-17(14-8-9-14)22-20(18)25-23-13)19(24)21-10-5-11-26-15-6-3-2-4-7-15/h2-4,6-7,12,14H,5,8-11H2,1H3,(H,21,24). The highest BCUT2D eigenvalue weighted by molar-refractivity contribution is 7.99. The summed E-state index contributed by atoms with van der Waals surface area (Å²) in [5, 5.41) is 7.74. The number of pyridine rings is 1. The number of benzene rings is 1. The van der Waals surface area contributed by atoms with Crippen LogP contribution in [-0.4, -0.2) is 28.3 Å². The van der Waals surface area contributed by atoms with Gasteiger partial charge in [0.2, 0.25) is 0 Å². The maximum absolute atomic E-state index is 12.7. The number of aromatic nitrogens is 2. The first-order valence-corrected chi connectivity index (χ1v) is 9.94. The van der Waals surface area contributed by atoms with E-state index in [0.717, 1.165) is 36.1 Å². The second kappa shape index (κ2) is 7.50. The highest BCUT2D eigenvalue weighted by Gasteiger charge is 2.28. The van der Waals surface area contributed by atoms with Crippen LogP contribution in [0.3, 0.4) is 0 Å². The topological polar surface area (TPSA) is 68.0 Å². The molecule has 0 spiro atoms. The Morgan fingerprint density at radius 1 is 1.31 bits per heavy atom. The van der Waals surface area contributed by atoms with Crippen molar-refractivity contribution < 1.29 is 9.32 Å². The van der Waals surface area contributed by atoms with Gasteiger partial charge in [0.15, 0.2) is 0 Å². The van der Waals surface area contributed by atoms with Crippen molar-refractivity contribution in [1.82, 2.24) is 15.5 Å². The highest BCUT2D eigenvalue weighted by Crippen LogP contribution is 2.40. The molecule has 1 amide bonds. The lowest BCUT2D eigenvalue weighted by Crippen LogP contribution is -2.25. The number of carbonyl (C=O) groups is 1. The summed E-state index contributed by atoms with van der Waals surface area (Å²) in [6.07, 6.45) is 3.17. The Labute approximate surface area is 156 Å². The summed E-state index contributed by atoms with van der Waals surface area (Å²) in [5.74, 6) is 1.35. The van der Waals surface area contributed by atoms with Crippen molar-refractivity contribution in [3.63, 3.8) is 0 Å². The molecule has 1 aliphatic carbocycles. The molecule has 1 N–H and O–H groups in total. The molecular formula is C20H21N3O2S. The molecular weight excluding hydrogens is 346 g/mol. The average molecular weight is 367 g/mol. The fourth-order valence-corrected chi connectivity index (χ4v) is 3.83. The van der Waals surface area contributed by atoms with Crippen LogP contribution in [0.5, 0.6) is 0 Å². The number of hydrogen-bond donors (Lipinski definition) is 1. The van der Waals surface area contributed by atoms with Crippen LogP contribution in [0.2, 0.25) is 0 Å². The van der Waals surface area contributed by atoms with Gasteiger partial charge in [0.05, 0.1) is 16.6 Å². The van der Waals surface area contributed by atoms with Crippen molar-refractivity contribution in [2.45, 2.75) is 37.0 Å². The predicted octanol–water partition coefficient (Wildman–Crippen LogP) is 4.32. The molecule has 0 aliphatic heterocycles. The summed E-state index contributed by atoms with van der Waals surface area (Å²) in [4.78, 5) is 18.5. The predicted molar refractivity (Wildman–Crippen MR) is 103 cm³/mol. The van der Waals surface area contributed by atoms with E-state index in [2.05, 4.69) is 27.6 Å². The van der Waals surface area contributed by atoms with Gasteiger partial charge in [-0.15, -0.1) is 11.8 Å². The van der Waals surface area contributed by atoms with Crippen molar-refractivity contribution in [2.24, 2.45) is 0 Å². The largest absolute Gasteiger partial charge is 0.352 e. The minimum absolute atomic E-state index is 0.0738. The summed E-state index contributed by atoms with van der Waals surface area (Å²) < 4.78 is 5.31. The Bertz CT molecular complexity index is 919. The maximum atomic E-state index is 12.7. The van der Waals surface area contributed by atoms with Gasteiger partial charge in [0.25, 0.3) is 11.6 Å². The van der Waals surface area contributed by atoms with E-state index in [1.807, 2.05) is 31.2 Å². The van der Waals surface area contributed by atoms with E-state index in [9.17, 15) is 4.79 Å². The Morgan fingerprint density at radius 2 is 2.12 bits per heavy atom. The third kappa shape index (κ3) is 3.75. The second-order valence-electron chi connectivity index (χ2n) is 6.59. The van der Waals surface area contributed by atoms with E-state index in [-0.39, 0.29) is 5.91 Å². The first-order valence-electron chi connectivity index (χ1n) is 8.95. The lowest BCUT2D eigenvalue weighted by atomic mass is 10.1. The summed E-state index contributed by atoms with van der Waals surface area (Å²) in [7, 11) is 0. The fraction of sp³-hybridized carbons (Fsp3) is 0.350. The third-order valence-corrected chi connectivity index (χ3v) is 5.59. The van der Waals surface area contributed by atoms with Crippen molar-refractivity contribution in [1.29, 1.82) is 0 Å². The Balaban J connectivity index is 1.39. The van der Waals surface area contributed by atoms with Gasteiger partial charge in [-0.2, -0.15) is 0 Å². The van der Waals surface area contributed by atoms with Gasteiger partial charge in [-0.25, -0.2) is 4.98 Å². The van der Waals surface area contributed by atoms with Crippen LogP contribution in [0, 0.1) is 6.92 Å². The molecule has 1 aliphatic rings. The average Bonchev–Trinajstić information content (AvgIpc) is 3.45. The first kappa shape index (κ1) is 17.1. The Hall–Kier alpha value is -2.34. The molecule has 0 atom stereocenters. The maximum Gasteiger partial charge on any atom is 0.259 e. The van der Waals surface area contributed by atoms with Gasteiger partial charge < -0.3 is 9.84 Å². The SMILES string of the molecule is Cc1noc2nc(C3CC3)cc(C(=O)NCCCSc3ccccc3)c12. The van der Waals surface area contributed by atoms with Gasteiger partial charge >= 0.3 is 0 Å². The number of fused-ring (bicyclic) bond motifs is 1. The van der Waals surface area contributed by atoms with Crippen molar-refractivity contribution in [3.8, 4) is 0 Å². The van der Waals surface area contributed by atoms with Gasteiger partial charge in [-0.3, -0.25) is 4.79 Å². The molecule has 1 fully saturated rings. The van der Waals surface area contributed by atoms with Gasteiger partial charge in [-0.05, 0) is 50.1 Å². The van der Waals surface area contributed by atoms with Crippen molar-refractivity contribution in [2.75, 3.05) is 12.3 Å². The Morgan fingerprint density at radius 3 is 2.88 bits per heavy atom. The minimum atomic E-state index is -0.0738. The van der Waals surface area contributed by atoms with Crippen LogP contribution < -0.4 is 5.32 Å². The normalized spacial score (nSPS) is 13.9. The van der Waals surface area contributed by atoms with E-state index >= 15 is 0 Å². The Kier molecular flexibility index (Phi) is 4.93. The summed E-state index contributed by atoms with van der Waals surface area (Å²) in [6, 6.07) is 12.2. The molecule has 3 aromatic rings. The minimum Gasteiger partial charge on any atom is -0.352 e. The molecule has 134 valence electrons. The van der Waals surface area contributed by atoms with Crippen molar-refractivity contribution in [3.05, 3.63) is 53.3 Å². The molecule has 0 radical (unpaired) electrons. The molecule has 26 heavy (non-hydrogen) atoms. The molecule has 0 unspecified atom stereocenters. The lowest BCUT2D eigenvalue weighted by Gasteiger charge is -2.08. The zero-order valence-corrected chi connectivity index (χ0v) is 15.5.